The van der Waals surface area contributed by atoms with Gasteiger partial charge in [0.15, 0.2) is 11.5 Å². The highest BCUT2D eigenvalue weighted by atomic mass is 19.1. The molecule has 1 N–H and O–H groups in total. The Labute approximate surface area is 158 Å². The van der Waals surface area contributed by atoms with Crippen LogP contribution in [-0.2, 0) is 16.8 Å². The summed E-state index contributed by atoms with van der Waals surface area (Å²) in [5.74, 6) is 1.16. The average Bonchev–Trinajstić information content (AvgIpc) is 2.64. The van der Waals surface area contributed by atoms with E-state index in [1.165, 1.54) is 12.1 Å². The van der Waals surface area contributed by atoms with Crippen LogP contribution in [0.25, 0.3) is 0 Å². The fraction of sp³-hybridized carbons (Fsp3) is 0.381. The van der Waals surface area contributed by atoms with Gasteiger partial charge in [-0.15, -0.1) is 0 Å². The van der Waals surface area contributed by atoms with E-state index in [9.17, 15) is 9.18 Å². The van der Waals surface area contributed by atoms with Gasteiger partial charge in [0.2, 0.25) is 11.7 Å². The van der Waals surface area contributed by atoms with Crippen molar-refractivity contribution in [2.45, 2.75) is 31.2 Å². The van der Waals surface area contributed by atoms with Gasteiger partial charge in [-0.1, -0.05) is 18.6 Å². The maximum Gasteiger partial charge on any atom is 0.230 e. The van der Waals surface area contributed by atoms with Crippen LogP contribution < -0.4 is 19.5 Å². The summed E-state index contributed by atoms with van der Waals surface area (Å²) in [5.41, 5.74) is 0.908. The highest BCUT2D eigenvalue weighted by molar-refractivity contribution is 5.89. The van der Waals surface area contributed by atoms with E-state index >= 15 is 0 Å². The molecule has 1 saturated carbocycles. The van der Waals surface area contributed by atoms with E-state index in [1.807, 2.05) is 6.07 Å². The molecule has 144 valence electrons. The van der Waals surface area contributed by atoms with Crippen LogP contribution in [0.3, 0.4) is 0 Å². The van der Waals surface area contributed by atoms with Crippen molar-refractivity contribution in [3.05, 3.63) is 53.3 Å². The number of carbonyl (C=O) groups is 1. The molecule has 6 heteroatoms. The lowest BCUT2D eigenvalue weighted by atomic mass is 9.64. The largest absolute Gasteiger partial charge is 0.493 e. The van der Waals surface area contributed by atoms with E-state index in [-0.39, 0.29) is 11.7 Å². The summed E-state index contributed by atoms with van der Waals surface area (Å²) in [5, 5.41) is 2.99. The highest BCUT2D eigenvalue weighted by Crippen LogP contribution is 2.44. The standard InChI is InChI=1S/C21H24FNO4/c1-25-17-10-14(11-18(26-2)19(17)27-3)13-23-20(24)21(8-5-9-21)15-6-4-7-16(22)12-15/h4,6-7,10-12H,5,8-9,13H2,1-3H3,(H,23,24). The van der Waals surface area contributed by atoms with Gasteiger partial charge < -0.3 is 19.5 Å². The van der Waals surface area contributed by atoms with Crippen LogP contribution in [0.1, 0.15) is 30.4 Å². The lowest BCUT2D eigenvalue weighted by Crippen LogP contribution is -2.49. The van der Waals surface area contributed by atoms with Gasteiger partial charge in [-0.25, -0.2) is 4.39 Å². The van der Waals surface area contributed by atoms with Gasteiger partial charge >= 0.3 is 0 Å². The Morgan fingerprint density at radius 1 is 1.07 bits per heavy atom. The first-order valence-electron chi connectivity index (χ1n) is 8.87. The Morgan fingerprint density at radius 2 is 1.74 bits per heavy atom. The van der Waals surface area contributed by atoms with E-state index in [4.69, 9.17) is 14.2 Å². The molecule has 1 aliphatic rings. The number of hydrogen-bond acceptors (Lipinski definition) is 4. The van der Waals surface area contributed by atoms with E-state index in [2.05, 4.69) is 5.32 Å². The second-order valence-corrected chi connectivity index (χ2v) is 6.66. The Bertz CT molecular complexity index is 808. The maximum absolute atomic E-state index is 13.6. The molecule has 0 atom stereocenters. The molecule has 2 aromatic carbocycles. The van der Waals surface area contributed by atoms with Crippen LogP contribution in [0.4, 0.5) is 4.39 Å². The van der Waals surface area contributed by atoms with Crippen LogP contribution in [0, 0.1) is 5.82 Å². The van der Waals surface area contributed by atoms with Gasteiger partial charge in [0.05, 0.1) is 26.7 Å². The predicted molar refractivity (Wildman–Crippen MR) is 99.9 cm³/mol. The number of hydrogen-bond donors (Lipinski definition) is 1. The van der Waals surface area contributed by atoms with Gasteiger partial charge in [0.1, 0.15) is 5.82 Å². The minimum Gasteiger partial charge on any atom is -0.493 e. The molecular weight excluding hydrogens is 349 g/mol. The van der Waals surface area contributed by atoms with Gasteiger partial charge in [-0.05, 0) is 48.2 Å². The molecule has 0 heterocycles. The molecule has 27 heavy (non-hydrogen) atoms. The number of methoxy groups -OCH3 is 3. The topological polar surface area (TPSA) is 56.8 Å². The fourth-order valence-electron chi connectivity index (χ4n) is 3.55. The fourth-order valence-corrected chi connectivity index (χ4v) is 3.55. The van der Waals surface area contributed by atoms with Crippen LogP contribution >= 0.6 is 0 Å². The summed E-state index contributed by atoms with van der Waals surface area (Å²) in [6, 6.07) is 9.93. The van der Waals surface area contributed by atoms with Gasteiger partial charge in [0.25, 0.3) is 0 Å². The average molecular weight is 373 g/mol. The van der Waals surface area contributed by atoms with Crippen molar-refractivity contribution in [2.24, 2.45) is 0 Å². The molecule has 0 radical (unpaired) electrons. The van der Waals surface area contributed by atoms with Crippen molar-refractivity contribution >= 4 is 5.91 Å². The van der Waals surface area contributed by atoms with Crippen LogP contribution in [0.5, 0.6) is 17.2 Å². The number of halogens is 1. The van der Waals surface area contributed by atoms with E-state index in [0.29, 0.717) is 23.8 Å². The predicted octanol–water partition coefficient (Wildman–Crippen LogP) is 3.59. The minimum atomic E-state index is -0.650. The summed E-state index contributed by atoms with van der Waals surface area (Å²) in [6.45, 7) is 0.312. The second kappa shape index (κ2) is 7.86. The maximum atomic E-state index is 13.6. The lowest BCUT2D eigenvalue weighted by molar-refractivity contribution is -0.130. The Hall–Kier alpha value is -2.76. The van der Waals surface area contributed by atoms with Gasteiger partial charge in [-0.3, -0.25) is 4.79 Å². The molecule has 1 aliphatic carbocycles. The second-order valence-electron chi connectivity index (χ2n) is 6.66. The van der Waals surface area contributed by atoms with Crippen molar-refractivity contribution in [3.63, 3.8) is 0 Å². The zero-order valence-corrected chi connectivity index (χ0v) is 15.8. The molecule has 0 saturated heterocycles. The van der Waals surface area contributed by atoms with Gasteiger partial charge in [0, 0.05) is 6.54 Å². The van der Waals surface area contributed by atoms with E-state index in [0.717, 1.165) is 30.4 Å². The zero-order valence-electron chi connectivity index (χ0n) is 15.8. The summed E-state index contributed by atoms with van der Waals surface area (Å²) < 4.78 is 29.7. The monoisotopic (exact) mass is 373 g/mol. The number of rotatable bonds is 7. The normalized spacial score (nSPS) is 14.8. The number of benzene rings is 2. The molecule has 0 aliphatic heterocycles. The molecular formula is C21H24FNO4. The molecule has 3 rings (SSSR count). The van der Waals surface area contributed by atoms with Crippen molar-refractivity contribution in [1.82, 2.24) is 5.32 Å². The van der Waals surface area contributed by atoms with Crippen molar-refractivity contribution in [1.29, 1.82) is 0 Å². The minimum absolute atomic E-state index is 0.0897. The van der Waals surface area contributed by atoms with Crippen molar-refractivity contribution in [3.8, 4) is 17.2 Å². The number of carbonyl (C=O) groups excluding carboxylic acids is 1. The van der Waals surface area contributed by atoms with Crippen molar-refractivity contribution < 1.29 is 23.4 Å². The Morgan fingerprint density at radius 3 is 2.22 bits per heavy atom. The quantitative estimate of drug-likeness (QED) is 0.806. The smallest absolute Gasteiger partial charge is 0.230 e. The molecule has 5 nitrogen and oxygen atoms in total. The molecule has 0 bridgehead atoms. The first-order valence-corrected chi connectivity index (χ1v) is 8.87. The van der Waals surface area contributed by atoms with E-state index in [1.54, 1.807) is 39.5 Å². The number of ether oxygens (including phenoxy) is 3. The third-order valence-corrected chi connectivity index (χ3v) is 5.20. The Balaban J connectivity index is 1.79. The first-order chi connectivity index (χ1) is 13.0. The number of nitrogens with one attached hydrogen (secondary N) is 1. The van der Waals surface area contributed by atoms with Gasteiger partial charge in [-0.2, -0.15) is 0 Å². The zero-order chi connectivity index (χ0) is 19.4. The molecule has 1 amide bonds. The lowest BCUT2D eigenvalue weighted by Gasteiger charge is -2.40. The molecule has 0 aromatic heterocycles. The Kier molecular flexibility index (Phi) is 5.54. The summed E-state index contributed by atoms with van der Waals surface area (Å²) in [7, 11) is 4.64. The first kappa shape index (κ1) is 19.0. The summed E-state index contributed by atoms with van der Waals surface area (Å²) in [4.78, 5) is 12.9. The SMILES string of the molecule is COc1cc(CNC(=O)C2(c3cccc(F)c3)CCC2)cc(OC)c1OC. The van der Waals surface area contributed by atoms with Crippen molar-refractivity contribution in [2.75, 3.05) is 21.3 Å². The number of amides is 1. The van der Waals surface area contributed by atoms with Crippen LogP contribution in [0.2, 0.25) is 0 Å². The van der Waals surface area contributed by atoms with Crippen LogP contribution in [-0.4, -0.2) is 27.2 Å². The third-order valence-electron chi connectivity index (χ3n) is 5.20. The highest BCUT2D eigenvalue weighted by Gasteiger charge is 2.45. The third kappa shape index (κ3) is 3.56. The summed E-state index contributed by atoms with van der Waals surface area (Å²) in [6.07, 6.45) is 2.39. The van der Waals surface area contributed by atoms with Crippen LogP contribution in [0.15, 0.2) is 36.4 Å². The molecule has 0 unspecified atom stereocenters. The molecule has 0 spiro atoms. The molecule has 2 aromatic rings. The summed E-state index contributed by atoms with van der Waals surface area (Å²) >= 11 is 0. The van der Waals surface area contributed by atoms with E-state index < -0.39 is 5.41 Å². The molecule has 1 fully saturated rings.